The summed E-state index contributed by atoms with van der Waals surface area (Å²) in [6, 6.07) is 16.3. The number of rotatable bonds is 3. The average molecular weight is 446 g/mol. The Kier molecular flexibility index (Phi) is 5.52. The van der Waals surface area contributed by atoms with E-state index < -0.39 is 23.2 Å². The standard InChI is InChI=1S/C23H22N6O4/c1-23(2,3)33-22(32)29(24)21(31)15-13-16(25-26-20(15)30)18-17-11-7-8-12-28(17)27-19(18)14-9-5-4-6-10-14/h4-13H,24H2,1-3H3,(H,26,30). The maximum Gasteiger partial charge on any atom is 0.432 e. The molecule has 0 saturated heterocycles. The Morgan fingerprint density at radius 1 is 1.09 bits per heavy atom. The lowest BCUT2D eigenvalue weighted by atomic mass is 10.0. The number of fused-ring (bicyclic) bond motifs is 1. The van der Waals surface area contributed by atoms with Crippen LogP contribution in [0, 0.1) is 0 Å². The van der Waals surface area contributed by atoms with E-state index in [1.807, 2.05) is 48.5 Å². The lowest BCUT2D eigenvalue weighted by Crippen LogP contribution is -2.47. The van der Waals surface area contributed by atoms with Gasteiger partial charge in [0.2, 0.25) is 0 Å². The molecular weight excluding hydrogens is 424 g/mol. The van der Waals surface area contributed by atoms with Crippen LogP contribution in [0.5, 0.6) is 0 Å². The molecule has 3 heterocycles. The number of hydrogen-bond acceptors (Lipinski definition) is 7. The van der Waals surface area contributed by atoms with Gasteiger partial charge in [-0.1, -0.05) is 36.4 Å². The Balaban J connectivity index is 1.83. The summed E-state index contributed by atoms with van der Waals surface area (Å²) in [6.07, 6.45) is 0.707. The van der Waals surface area contributed by atoms with Crippen molar-refractivity contribution in [2.75, 3.05) is 0 Å². The van der Waals surface area contributed by atoms with Gasteiger partial charge in [-0.15, -0.1) is 0 Å². The van der Waals surface area contributed by atoms with E-state index >= 15 is 0 Å². The number of hydrogen-bond donors (Lipinski definition) is 2. The average Bonchev–Trinajstić information content (AvgIpc) is 3.17. The van der Waals surface area contributed by atoms with E-state index in [-0.39, 0.29) is 16.3 Å². The summed E-state index contributed by atoms with van der Waals surface area (Å²) in [5, 5.41) is 11.4. The minimum Gasteiger partial charge on any atom is -0.442 e. The Morgan fingerprint density at radius 3 is 2.48 bits per heavy atom. The van der Waals surface area contributed by atoms with Crippen molar-refractivity contribution >= 4 is 17.5 Å². The van der Waals surface area contributed by atoms with E-state index in [9.17, 15) is 14.4 Å². The predicted molar refractivity (Wildman–Crippen MR) is 121 cm³/mol. The number of benzene rings is 1. The highest BCUT2D eigenvalue weighted by Gasteiger charge is 2.28. The van der Waals surface area contributed by atoms with Gasteiger partial charge in [-0.05, 0) is 39.0 Å². The molecule has 33 heavy (non-hydrogen) atoms. The normalized spacial score (nSPS) is 11.4. The number of ether oxygens (including phenoxy) is 1. The van der Waals surface area contributed by atoms with E-state index in [1.165, 1.54) is 6.07 Å². The molecule has 168 valence electrons. The number of aromatic nitrogens is 4. The fourth-order valence-electron chi connectivity index (χ4n) is 3.27. The van der Waals surface area contributed by atoms with Crippen LogP contribution in [-0.4, -0.2) is 42.4 Å². The van der Waals surface area contributed by atoms with Crippen LogP contribution >= 0.6 is 0 Å². The summed E-state index contributed by atoms with van der Waals surface area (Å²) in [5.41, 5.74) is 1.02. The first kappa shape index (κ1) is 21.9. The van der Waals surface area contributed by atoms with Gasteiger partial charge in [0.15, 0.2) is 0 Å². The summed E-state index contributed by atoms with van der Waals surface area (Å²) < 4.78 is 6.80. The van der Waals surface area contributed by atoms with E-state index in [1.54, 1.807) is 31.5 Å². The SMILES string of the molecule is CC(C)(C)OC(=O)N(N)C(=O)c1cc(-c2c(-c3ccccc3)nn3ccccc23)n[nH]c1=O. The second kappa shape index (κ2) is 8.32. The summed E-state index contributed by atoms with van der Waals surface area (Å²) in [5.74, 6) is 4.65. The predicted octanol–water partition coefficient (Wildman–Crippen LogP) is 3.00. The minimum absolute atomic E-state index is 0.272. The molecule has 10 heteroatoms. The number of H-pyrrole nitrogens is 1. The van der Waals surface area contributed by atoms with Crippen molar-refractivity contribution in [3.8, 4) is 22.5 Å². The molecule has 0 unspecified atom stereocenters. The molecule has 0 bridgehead atoms. The van der Waals surface area contributed by atoms with Crippen molar-refractivity contribution in [3.63, 3.8) is 0 Å². The Labute approximate surface area is 188 Å². The summed E-state index contributed by atoms with van der Waals surface area (Å²) in [7, 11) is 0. The third kappa shape index (κ3) is 4.37. The second-order valence-electron chi connectivity index (χ2n) is 8.27. The molecule has 0 atom stereocenters. The number of nitrogens with two attached hydrogens (primary N) is 1. The lowest BCUT2D eigenvalue weighted by molar-refractivity contribution is 0.0239. The van der Waals surface area contributed by atoms with E-state index in [0.717, 1.165) is 5.56 Å². The number of aromatic amines is 1. The molecule has 0 spiro atoms. The van der Waals surface area contributed by atoms with Gasteiger partial charge in [-0.25, -0.2) is 20.3 Å². The molecule has 0 saturated carbocycles. The maximum atomic E-state index is 12.9. The van der Waals surface area contributed by atoms with Gasteiger partial charge in [-0.2, -0.15) is 15.2 Å². The molecule has 0 aliphatic carbocycles. The molecule has 0 fully saturated rings. The number of nitrogens with zero attached hydrogens (tertiary/aromatic N) is 4. The van der Waals surface area contributed by atoms with E-state index in [4.69, 9.17) is 10.6 Å². The molecule has 0 aliphatic rings. The number of carbonyl (C=O) groups is 2. The van der Waals surface area contributed by atoms with Crippen molar-refractivity contribution in [2.45, 2.75) is 26.4 Å². The minimum atomic E-state index is -1.08. The number of hydrazine groups is 1. The first-order chi connectivity index (χ1) is 15.7. The maximum absolute atomic E-state index is 12.9. The molecule has 0 aliphatic heterocycles. The van der Waals surface area contributed by atoms with Crippen LogP contribution in [0.15, 0.2) is 65.6 Å². The van der Waals surface area contributed by atoms with Gasteiger partial charge in [0.05, 0.1) is 16.8 Å². The van der Waals surface area contributed by atoms with Gasteiger partial charge in [0.25, 0.3) is 11.5 Å². The molecule has 4 aromatic rings. The van der Waals surface area contributed by atoms with Crippen molar-refractivity contribution in [1.29, 1.82) is 0 Å². The Bertz CT molecular complexity index is 1400. The molecule has 2 amide bonds. The molecular formula is C23H22N6O4. The number of nitrogens with one attached hydrogen (secondary N) is 1. The number of imide groups is 1. The van der Waals surface area contributed by atoms with Crippen LogP contribution < -0.4 is 11.4 Å². The largest absolute Gasteiger partial charge is 0.442 e. The van der Waals surface area contributed by atoms with Gasteiger partial charge in [-0.3, -0.25) is 9.59 Å². The quantitative estimate of drug-likeness (QED) is 0.280. The van der Waals surface area contributed by atoms with Gasteiger partial charge in [0, 0.05) is 11.8 Å². The van der Waals surface area contributed by atoms with E-state index in [2.05, 4.69) is 15.3 Å². The van der Waals surface area contributed by atoms with Crippen LogP contribution in [0.25, 0.3) is 28.0 Å². The first-order valence-electron chi connectivity index (χ1n) is 10.1. The second-order valence-corrected chi connectivity index (χ2v) is 8.27. The van der Waals surface area contributed by atoms with E-state index in [0.29, 0.717) is 16.8 Å². The summed E-state index contributed by atoms with van der Waals surface area (Å²) in [6.45, 7) is 4.91. The van der Waals surface area contributed by atoms with Crippen molar-refractivity contribution < 1.29 is 14.3 Å². The van der Waals surface area contributed by atoms with Crippen molar-refractivity contribution in [2.24, 2.45) is 5.84 Å². The van der Waals surface area contributed by atoms with Crippen LogP contribution in [0.1, 0.15) is 31.1 Å². The topological polar surface area (TPSA) is 136 Å². The van der Waals surface area contributed by atoms with Gasteiger partial charge >= 0.3 is 6.09 Å². The molecule has 3 N–H and O–H groups in total. The molecule has 10 nitrogen and oxygen atoms in total. The van der Waals surface area contributed by atoms with Crippen LogP contribution in [0.2, 0.25) is 0 Å². The molecule has 4 rings (SSSR count). The van der Waals surface area contributed by atoms with Crippen molar-refractivity contribution in [1.82, 2.24) is 24.8 Å². The molecule has 1 aromatic carbocycles. The molecule has 0 radical (unpaired) electrons. The van der Waals surface area contributed by atoms with Gasteiger partial charge in [0.1, 0.15) is 16.9 Å². The highest BCUT2D eigenvalue weighted by atomic mass is 16.6. The zero-order chi connectivity index (χ0) is 23.8. The first-order valence-corrected chi connectivity index (χ1v) is 10.1. The highest BCUT2D eigenvalue weighted by Crippen LogP contribution is 2.33. The zero-order valence-electron chi connectivity index (χ0n) is 18.3. The smallest absolute Gasteiger partial charge is 0.432 e. The lowest BCUT2D eigenvalue weighted by Gasteiger charge is -2.23. The summed E-state index contributed by atoms with van der Waals surface area (Å²) >= 11 is 0. The van der Waals surface area contributed by atoms with Crippen LogP contribution in [0.3, 0.4) is 0 Å². The number of amides is 2. The fourth-order valence-corrected chi connectivity index (χ4v) is 3.27. The number of pyridine rings is 1. The number of carbonyl (C=O) groups excluding carboxylic acids is 2. The zero-order valence-corrected chi connectivity index (χ0v) is 18.3. The third-order valence-electron chi connectivity index (χ3n) is 4.69. The molecule has 3 aromatic heterocycles. The Hall–Kier alpha value is -4.31. The Morgan fingerprint density at radius 2 is 1.79 bits per heavy atom. The van der Waals surface area contributed by atoms with Gasteiger partial charge < -0.3 is 4.74 Å². The van der Waals surface area contributed by atoms with Crippen LogP contribution in [-0.2, 0) is 4.74 Å². The monoisotopic (exact) mass is 446 g/mol. The summed E-state index contributed by atoms with van der Waals surface area (Å²) in [4.78, 5) is 37.5. The van der Waals surface area contributed by atoms with Crippen LogP contribution in [0.4, 0.5) is 4.79 Å². The fraction of sp³-hybridized carbons (Fsp3) is 0.174. The third-order valence-corrected chi connectivity index (χ3v) is 4.69. The van der Waals surface area contributed by atoms with Crippen molar-refractivity contribution in [3.05, 3.63) is 76.7 Å². The highest BCUT2D eigenvalue weighted by molar-refractivity contribution is 6.03.